The number of rotatable bonds is 3. The number of hydrogen-bond donors (Lipinski definition) is 0. The molecule has 2 amide bonds. The molecule has 0 spiro atoms. The fourth-order valence-corrected chi connectivity index (χ4v) is 8.56. The summed E-state index contributed by atoms with van der Waals surface area (Å²) in [6.07, 6.45) is 9.44. The molecule has 2 heterocycles. The summed E-state index contributed by atoms with van der Waals surface area (Å²) < 4.78 is 0.233. The summed E-state index contributed by atoms with van der Waals surface area (Å²) in [7, 11) is 0. The Balaban J connectivity index is 1.19. The molecule has 0 N–H and O–H groups in total. The first kappa shape index (κ1) is 18.4. The van der Waals surface area contributed by atoms with E-state index in [9.17, 15) is 9.59 Å². The summed E-state index contributed by atoms with van der Waals surface area (Å²) in [6.45, 7) is 5.65. The number of likely N-dealkylation sites (tertiary alicyclic amines) is 1. The van der Waals surface area contributed by atoms with E-state index in [1.807, 2.05) is 4.90 Å². The van der Waals surface area contributed by atoms with E-state index in [-0.39, 0.29) is 15.6 Å². The van der Waals surface area contributed by atoms with Crippen LogP contribution >= 0.6 is 15.9 Å². The lowest BCUT2D eigenvalue weighted by Gasteiger charge is -2.60. The zero-order valence-corrected chi connectivity index (χ0v) is 17.9. The van der Waals surface area contributed by atoms with Gasteiger partial charge in [-0.05, 0) is 63.2 Å². The molecule has 0 radical (unpaired) electrons. The SMILES string of the molecule is O=C(CN1CCN(C(=O)C23CC4CC(CC(Br)(C4)C2)C3)CC1)N1CCCC1. The van der Waals surface area contributed by atoms with E-state index in [1.54, 1.807) is 0 Å². The molecule has 6 rings (SSSR count). The van der Waals surface area contributed by atoms with Crippen LogP contribution in [0.25, 0.3) is 0 Å². The van der Waals surface area contributed by atoms with Crippen LogP contribution in [0.5, 0.6) is 0 Å². The smallest absolute Gasteiger partial charge is 0.236 e. The minimum Gasteiger partial charge on any atom is -0.342 e. The summed E-state index contributed by atoms with van der Waals surface area (Å²) in [5.74, 6) is 2.18. The third-order valence-corrected chi connectivity index (χ3v) is 8.85. The van der Waals surface area contributed by atoms with Crippen LogP contribution in [-0.4, -0.2) is 76.7 Å². The number of halogens is 1. The van der Waals surface area contributed by atoms with Gasteiger partial charge in [0.25, 0.3) is 0 Å². The van der Waals surface area contributed by atoms with Crippen LogP contribution in [0.4, 0.5) is 0 Å². The molecule has 150 valence electrons. The summed E-state index contributed by atoms with van der Waals surface area (Å²) in [5.41, 5.74) is -0.0961. The maximum atomic E-state index is 13.5. The van der Waals surface area contributed by atoms with Gasteiger partial charge in [-0.15, -0.1) is 0 Å². The molecule has 0 aromatic heterocycles. The number of carbonyl (C=O) groups is 2. The van der Waals surface area contributed by atoms with Gasteiger partial charge in [-0.2, -0.15) is 0 Å². The molecule has 0 aromatic rings. The molecule has 2 saturated heterocycles. The van der Waals surface area contributed by atoms with Gasteiger partial charge in [0, 0.05) is 43.6 Å². The molecule has 2 atom stereocenters. The molecule has 4 bridgehead atoms. The Hall–Kier alpha value is -0.620. The standard InChI is InChI=1S/C21H32BrN3O2/c22-21-12-16-9-17(13-21)11-20(10-16,15-21)19(27)25-7-5-23(6-8-25)14-18(26)24-3-1-2-4-24/h16-17H,1-15H2. The average molecular weight is 438 g/mol. The molecular formula is C21H32BrN3O2. The minimum atomic E-state index is -0.0961. The normalized spacial score (nSPS) is 41.4. The first-order valence-electron chi connectivity index (χ1n) is 10.9. The number of alkyl halides is 1. The molecular weight excluding hydrogens is 406 g/mol. The van der Waals surface area contributed by atoms with Crippen molar-refractivity contribution < 1.29 is 9.59 Å². The topological polar surface area (TPSA) is 43.9 Å². The predicted octanol–water partition coefficient (Wildman–Crippen LogP) is 2.49. The highest BCUT2D eigenvalue weighted by atomic mass is 79.9. The van der Waals surface area contributed by atoms with E-state index < -0.39 is 0 Å². The van der Waals surface area contributed by atoms with Crippen LogP contribution in [0.3, 0.4) is 0 Å². The number of nitrogens with zero attached hydrogens (tertiary/aromatic N) is 3. The van der Waals surface area contributed by atoms with Crippen molar-refractivity contribution in [2.75, 3.05) is 45.8 Å². The zero-order chi connectivity index (χ0) is 18.6. The van der Waals surface area contributed by atoms with Crippen LogP contribution in [0, 0.1) is 17.3 Å². The molecule has 27 heavy (non-hydrogen) atoms. The minimum absolute atomic E-state index is 0.0961. The summed E-state index contributed by atoms with van der Waals surface area (Å²) >= 11 is 4.03. The van der Waals surface area contributed by atoms with Crippen molar-refractivity contribution in [3.63, 3.8) is 0 Å². The van der Waals surface area contributed by atoms with Gasteiger partial charge >= 0.3 is 0 Å². The average Bonchev–Trinajstić information content (AvgIpc) is 3.14. The number of carbonyl (C=O) groups excluding carboxylic acids is 2. The van der Waals surface area contributed by atoms with Crippen molar-refractivity contribution in [1.29, 1.82) is 0 Å². The molecule has 0 aromatic carbocycles. The van der Waals surface area contributed by atoms with Crippen LogP contribution in [0.1, 0.15) is 51.4 Å². The van der Waals surface area contributed by atoms with E-state index >= 15 is 0 Å². The zero-order valence-electron chi connectivity index (χ0n) is 16.3. The monoisotopic (exact) mass is 437 g/mol. The van der Waals surface area contributed by atoms with Crippen LogP contribution in [-0.2, 0) is 9.59 Å². The molecule has 4 saturated carbocycles. The molecule has 2 aliphatic heterocycles. The van der Waals surface area contributed by atoms with Crippen molar-refractivity contribution in [2.45, 2.75) is 55.7 Å². The number of piperazine rings is 1. The maximum absolute atomic E-state index is 13.5. The predicted molar refractivity (Wildman–Crippen MR) is 108 cm³/mol. The highest BCUT2D eigenvalue weighted by molar-refractivity contribution is 9.10. The van der Waals surface area contributed by atoms with Gasteiger partial charge in [-0.25, -0.2) is 0 Å². The Morgan fingerprint density at radius 1 is 0.852 bits per heavy atom. The first-order valence-corrected chi connectivity index (χ1v) is 11.7. The van der Waals surface area contributed by atoms with E-state index in [2.05, 4.69) is 25.7 Å². The van der Waals surface area contributed by atoms with Crippen molar-refractivity contribution in [3.8, 4) is 0 Å². The van der Waals surface area contributed by atoms with Crippen LogP contribution in [0.2, 0.25) is 0 Å². The number of hydrogen-bond acceptors (Lipinski definition) is 3. The highest BCUT2D eigenvalue weighted by Crippen LogP contribution is 2.64. The molecule has 5 nitrogen and oxygen atoms in total. The second-order valence-electron chi connectivity index (χ2n) is 10.0. The van der Waals surface area contributed by atoms with Gasteiger partial charge in [0.15, 0.2) is 0 Å². The van der Waals surface area contributed by atoms with Crippen molar-refractivity contribution in [1.82, 2.24) is 14.7 Å². The van der Waals surface area contributed by atoms with Crippen molar-refractivity contribution in [3.05, 3.63) is 0 Å². The summed E-state index contributed by atoms with van der Waals surface area (Å²) in [6, 6.07) is 0. The fourth-order valence-electron chi connectivity index (χ4n) is 7.10. The highest BCUT2D eigenvalue weighted by Gasteiger charge is 2.60. The third kappa shape index (κ3) is 3.35. The van der Waals surface area contributed by atoms with E-state index in [0.717, 1.165) is 83.2 Å². The molecule has 4 aliphatic carbocycles. The van der Waals surface area contributed by atoms with Crippen molar-refractivity contribution in [2.24, 2.45) is 17.3 Å². The van der Waals surface area contributed by atoms with E-state index in [0.29, 0.717) is 12.5 Å². The van der Waals surface area contributed by atoms with Gasteiger partial charge in [0.1, 0.15) is 0 Å². The summed E-state index contributed by atoms with van der Waals surface area (Å²) in [4.78, 5) is 32.3. The Labute approximate surface area is 170 Å². The van der Waals surface area contributed by atoms with Gasteiger partial charge in [-0.3, -0.25) is 14.5 Å². The van der Waals surface area contributed by atoms with Crippen LogP contribution in [0.15, 0.2) is 0 Å². The quantitative estimate of drug-likeness (QED) is 0.636. The van der Waals surface area contributed by atoms with Gasteiger partial charge < -0.3 is 9.80 Å². The lowest BCUT2D eigenvalue weighted by Crippen LogP contribution is -2.61. The van der Waals surface area contributed by atoms with Gasteiger partial charge in [0.05, 0.1) is 12.0 Å². The second-order valence-corrected chi connectivity index (χ2v) is 11.7. The Kier molecular flexibility index (Phi) is 4.58. The maximum Gasteiger partial charge on any atom is 0.236 e. The van der Waals surface area contributed by atoms with Gasteiger partial charge in [-0.1, -0.05) is 15.9 Å². The summed E-state index contributed by atoms with van der Waals surface area (Å²) in [5, 5.41) is 0. The Bertz CT molecular complexity index is 611. The number of amides is 2. The largest absolute Gasteiger partial charge is 0.342 e. The molecule has 6 heteroatoms. The lowest BCUT2D eigenvalue weighted by molar-refractivity contribution is -0.157. The fraction of sp³-hybridized carbons (Fsp3) is 0.905. The van der Waals surface area contributed by atoms with Gasteiger partial charge in [0.2, 0.25) is 11.8 Å². The molecule has 6 fully saturated rings. The van der Waals surface area contributed by atoms with E-state index in [1.165, 1.54) is 19.3 Å². The van der Waals surface area contributed by atoms with Crippen molar-refractivity contribution >= 4 is 27.7 Å². The third-order valence-electron chi connectivity index (χ3n) is 7.92. The molecule has 2 unspecified atom stereocenters. The first-order chi connectivity index (χ1) is 12.9. The molecule has 6 aliphatic rings. The Morgan fingerprint density at radius 2 is 1.48 bits per heavy atom. The lowest BCUT2D eigenvalue weighted by atomic mass is 9.49. The second kappa shape index (κ2) is 6.72. The Morgan fingerprint density at radius 3 is 2.07 bits per heavy atom. The van der Waals surface area contributed by atoms with Crippen LogP contribution < -0.4 is 0 Å². The van der Waals surface area contributed by atoms with E-state index in [4.69, 9.17) is 0 Å².